The molecule has 1 heterocycles. The lowest BCUT2D eigenvalue weighted by molar-refractivity contribution is 0.432. The maximum Gasteiger partial charge on any atom is 0.0831 e. The van der Waals surface area contributed by atoms with Gasteiger partial charge in [0.2, 0.25) is 0 Å². The fourth-order valence-electron chi connectivity index (χ4n) is 1.89. The highest BCUT2D eigenvalue weighted by Crippen LogP contribution is 2.28. The van der Waals surface area contributed by atoms with Crippen LogP contribution in [0.25, 0.3) is 0 Å². The molecule has 0 amide bonds. The second-order valence-electron chi connectivity index (χ2n) is 3.55. The second-order valence-corrected chi connectivity index (χ2v) is 4.08. The smallest absolute Gasteiger partial charge is 0.0831 e. The van der Waals surface area contributed by atoms with Crippen LogP contribution in [0.4, 0.5) is 0 Å². The van der Waals surface area contributed by atoms with Crippen LogP contribution in [0.1, 0.15) is 24.3 Å². The van der Waals surface area contributed by atoms with Gasteiger partial charge in [0.1, 0.15) is 0 Å². The maximum absolute atomic E-state index is 6.05. The van der Waals surface area contributed by atoms with Gasteiger partial charge in [0.05, 0.1) is 5.50 Å². The first-order valence-electron chi connectivity index (χ1n) is 4.78. The first-order chi connectivity index (χ1) is 6.36. The summed E-state index contributed by atoms with van der Waals surface area (Å²) in [6, 6.07) is 10.6. The SMILES string of the molecule is ClC1CC(c2ccccc2)CCN1. The van der Waals surface area contributed by atoms with E-state index in [4.69, 9.17) is 11.6 Å². The summed E-state index contributed by atoms with van der Waals surface area (Å²) in [5.41, 5.74) is 1.58. The molecule has 1 N–H and O–H groups in total. The topological polar surface area (TPSA) is 12.0 Å². The molecule has 1 saturated heterocycles. The van der Waals surface area contributed by atoms with Crippen molar-refractivity contribution in [1.82, 2.24) is 5.32 Å². The molecule has 1 aliphatic heterocycles. The molecule has 2 unspecified atom stereocenters. The third-order valence-electron chi connectivity index (χ3n) is 2.62. The summed E-state index contributed by atoms with van der Waals surface area (Å²) in [4.78, 5) is 0. The van der Waals surface area contributed by atoms with Gasteiger partial charge in [0.15, 0.2) is 0 Å². The van der Waals surface area contributed by atoms with E-state index in [1.54, 1.807) is 0 Å². The summed E-state index contributed by atoms with van der Waals surface area (Å²) in [6.45, 7) is 1.04. The minimum Gasteiger partial charge on any atom is -0.301 e. The number of benzene rings is 1. The molecule has 0 bridgehead atoms. The second kappa shape index (κ2) is 4.12. The molecular weight excluding hydrogens is 182 g/mol. The predicted molar refractivity (Wildman–Crippen MR) is 56.1 cm³/mol. The lowest BCUT2D eigenvalue weighted by atomic mass is 9.90. The monoisotopic (exact) mass is 195 g/mol. The van der Waals surface area contributed by atoms with Gasteiger partial charge in [-0.3, -0.25) is 0 Å². The van der Waals surface area contributed by atoms with Crippen molar-refractivity contribution in [3.63, 3.8) is 0 Å². The highest BCUT2D eigenvalue weighted by atomic mass is 35.5. The molecule has 2 atom stereocenters. The standard InChI is InChI=1S/C11H14ClN/c12-11-8-10(6-7-13-11)9-4-2-1-3-5-9/h1-5,10-11,13H,6-8H2. The summed E-state index contributed by atoms with van der Waals surface area (Å²) >= 11 is 6.05. The number of hydrogen-bond donors (Lipinski definition) is 1. The summed E-state index contributed by atoms with van der Waals surface area (Å²) in [5, 5.41) is 3.25. The molecule has 1 aromatic rings. The molecular formula is C11H14ClN. The van der Waals surface area contributed by atoms with Crippen LogP contribution in [0, 0.1) is 0 Å². The molecule has 0 radical (unpaired) electrons. The Labute approximate surface area is 84.1 Å². The lowest BCUT2D eigenvalue weighted by Crippen LogP contribution is -2.33. The molecule has 0 saturated carbocycles. The first kappa shape index (κ1) is 9.04. The predicted octanol–water partition coefficient (Wildman–Crippen LogP) is 2.72. The van der Waals surface area contributed by atoms with Crippen molar-refractivity contribution in [2.45, 2.75) is 24.3 Å². The van der Waals surface area contributed by atoms with Gasteiger partial charge < -0.3 is 5.32 Å². The van der Waals surface area contributed by atoms with Crippen LogP contribution in [-0.4, -0.2) is 12.0 Å². The van der Waals surface area contributed by atoms with E-state index >= 15 is 0 Å². The number of piperidine rings is 1. The molecule has 1 aliphatic rings. The molecule has 2 heteroatoms. The first-order valence-corrected chi connectivity index (χ1v) is 5.22. The Kier molecular flexibility index (Phi) is 2.87. The van der Waals surface area contributed by atoms with Crippen LogP contribution in [0.2, 0.25) is 0 Å². The van der Waals surface area contributed by atoms with Gasteiger partial charge in [-0.15, -0.1) is 11.6 Å². The Morgan fingerprint density at radius 1 is 1.23 bits per heavy atom. The fraction of sp³-hybridized carbons (Fsp3) is 0.455. The van der Waals surface area contributed by atoms with E-state index in [0.717, 1.165) is 13.0 Å². The Morgan fingerprint density at radius 3 is 2.69 bits per heavy atom. The minimum absolute atomic E-state index is 0.152. The van der Waals surface area contributed by atoms with Gasteiger partial charge in [0.25, 0.3) is 0 Å². The number of rotatable bonds is 1. The van der Waals surface area contributed by atoms with Crippen molar-refractivity contribution in [1.29, 1.82) is 0 Å². The van der Waals surface area contributed by atoms with Crippen molar-refractivity contribution < 1.29 is 0 Å². The molecule has 1 fully saturated rings. The highest BCUT2D eigenvalue weighted by molar-refractivity contribution is 6.20. The summed E-state index contributed by atoms with van der Waals surface area (Å²) in [6.07, 6.45) is 2.25. The van der Waals surface area contributed by atoms with Gasteiger partial charge >= 0.3 is 0 Å². The third-order valence-corrected chi connectivity index (χ3v) is 2.95. The van der Waals surface area contributed by atoms with Crippen molar-refractivity contribution in [2.75, 3.05) is 6.54 Å². The quantitative estimate of drug-likeness (QED) is 0.537. The number of halogens is 1. The molecule has 1 aromatic carbocycles. The van der Waals surface area contributed by atoms with Gasteiger partial charge in [0, 0.05) is 0 Å². The number of nitrogens with one attached hydrogen (secondary N) is 1. The van der Waals surface area contributed by atoms with Gasteiger partial charge in [-0.05, 0) is 30.9 Å². The van der Waals surface area contributed by atoms with Gasteiger partial charge in [-0.25, -0.2) is 0 Å². The zero-order valence-corrected chi connectivity index (χ0v) is 8.30. The van der Waals surface area contributed by atoms with E-state index in [9.17, 15) is 0 Å². The Morgan fingerprint density at radius 2 is 2.00 bits per heavy atom. The molecule has 2 rings (SSSR count). The lowest BCUT2D eigenvalue weighted by Gasteiger charge is -2.26. The highest BCUT2D eigenvalue weighted by Gasteiger charge is 2.20. The maximum atomic E-state index is 6.05. The molecule has 70 valence electrons. The number of alkyl halides is 1. The molecule has 13 heavy (non-hydrogen) atoms. The third kappa shape index (κ3) is 2.23. The van der Waals surface area contributed by atoms with E-state index in [0.29, 0.717) is 5.92 Å². The van der Waals surface area contributed by atoms with E-state index in [1.165, 1.54) is 12.0 Å². The Balaban J connectivity index is 2.08. The van der Waals surface area contributed by atoms with E-state index in [2.05, 4.69) is 35.6 Å². The average molecular weight is 196 g/mol. The largest absolute Gasteiger partial charge is 0.301 e. The fourth-order valence-corrected chi connectivity index (χ4v) is 2.22. The van der Waals surface area contributed by atoms with E-state index in [1.807, 2.05) is 0 Å². The van der Waals surface area contributed by atoms with Crippen LogP contribution < -0.4 is 5.32 Å². The van der Waals surface area contributed by atoms with Crippen LogP contribution in [0.3, 0.4) is 0 Å². The molecule has 0 aliphatic carbocycles. The van der Waals surface area contributed by atoms with Gasteiger partial charge in [-0.1, -0.05) is 30.3 Å². The Hall–Kier alpha value is -0.530. The van der Waals surface area contributed by atoms with Crippen molar-refractivity contribution in [3.05, 3.63) is 35.9 Å². The van der Waals surface area contributed by atoms with Crippen molar-refractivity contribution >= 4 is 11.6 Å². The number of hydrogen-bond acceptors (Lipinski definition) is 1. The van der Waals surface area contributed by atoms with Crippen LogP contribution in [0.5, 0.6) is 0 Å². The van der Waals surface area contributed by atoms with Gasteiger partial charge in [-0.2, -0.15) is 0 Å². The van der Waals surface area contributed by atoms with E-state index < -0.39 is 0 Å². The molecule has 0 spiro atoms. The summed E-state index contributed by atoms with van der Waals surface area (Å²) in [5.74, 6) is 0.643. The zero-order chi connectivity index (χ0) is 9.10. The van der Waals surface area contributed by atoms with Crippen LogP contribution >= 0.6 is 11.6 Å². The Bertz CT molecular complexity index is 260. The normalized spacial score (nSPS) is 28.7. The molecule has 0 aromatic heterocycles. The molecule has 1 nitrogen and oxygen atoms in total. The van der Waals surface area contributed by atoms with Crippen molar-refractivity contribution in [3.8, 4) is 0 Å². The van der Waals surface area contributed by atoms with Crippen LogP contribution in [-0.2, 0) is 0 Å². The minimum atomic E-state index is 0.152. The zero-order valence-electron chi connectivity index (χ0n) is 7.54. The van der Waals surface area contributed by atoms with Crippen LogP contribution in [0.15, 0.2) is 30.3 Å². The summed E-state index contributed by atoms with van der Waals surface area (Å²) in [7, 11) is 0. The van der Waals surface area contributed by atoms with E-state index in [-0.39, 0.29) is 5.50 Å². The summed E-state index contributed by atoms with van der Waals surface area (Å²) < 4.78 is 0. The van der Waals surface area contributed by atoms with Crippen molar-refractivity contribution in [2.24, 2.45) is 0 Å². The average Bonchev–Trinajstić information content (AvgIpc) is 2.19.